The van der Waals surface area contributed by atoms with Crippen LogP contribution in [0.4, 0.5) is 0 Å². The second-order valence-electron chi connectivity index (χ2n) is 6.08. The fourth-order valence-corrected chi connectivity index (χ4v) is 3.13. The van der Waals surface area contributed by atoms with Gasteiger partial charge in [0.05, 0.1) is 11.8 Å². The van der Waals surface area contributed by atoms with Crippen molar-refractivity contribution >= 4 is 11.6 Å². The van der Waals surface area contributed by atoms with Crippen LogP contribution in [0.25, 0.3) is 0 Å². The number of aromatic nitrogens is 1. The molecule has 0 fully saturated rings. The quantitative estimate of drug-likeness (QED) is 0.787. The van der Waals surface area contributed by atoms with Gasteiger partial charge in [0.15, 0.2) is 0 Å². The third kappa shape index (κ3) is 2.95. The van der Waals surface area contributed by atoms with Crippen molar-refractivity contribution in [2.24, 2.45) is 5.10 Å². The molecule has 1 atom stereocenters. The Balaban J connectivity index is 1.76. The molecule has 1 aliphatic rings. The van der Waals surface area contributed by atoms with Gasteiger partial charge < -0.3 is 5.11 Å². The minimum Gasteiger partial charge on any atom is -0.508 e. The lowest BCUT2D eigenvalue weighted by molar-refractivity contribution is 0.0709. The standard InChI is InChI=1S/C21H17N3O2/c25-20-11-5-4-10-17(20)19-13-18(16-9-6-12-22-14-16)23-24(19)21(26)15-7-2-1-3-8-15/h1-12,14,19,25H,13H2/t19-/m1/s1. The molecule has 5 nitrogen and oxygen atoms in total. The van der Waals surface area contributed by atoms with Crippen molar-refractivity contribution in [3.05, 3.63) is 95.8 Å². The molecule has 0 bridgehead atoms. The van der Waals surface area contributed by atoms with E-state index in [-0.39, 0.29) is 17.7 Å². The Hall–Kier alpha value is -3.47. The fourth-order valence-electron chi connectivity index (χ4n) is 3.13. The van der Waals surface area contributed by atoms with E-state index in [0.29, 0.717) is 17.5 Å². The lowest BCUT2D eigenvalue weighted by Crippen LogP contribution is -2.27. The topological polar surface area (TPSA) is 65.8 Å². The molecular weight excluding hydrogens is 326 g/mol. The van der Waals surface area contributed by atoms with Crippen molar-refractivity contribution in [2.75, 3.05) is 0 Å². The highest BCUT2D eigenvalue weighted by Gasteiger charge is 2.34. The number of benzene rings is 2. The average Bonchev–Trinajstić information content (AvgIpc) is 3.14. The van der Waals surface area contributed by atoms with Gasteiger partial charge >= 0.3 is 0 Å². The Labute approximate surface area is 151 Å². The summed E-state index contributed by atoms with van der Waals surface area (Å²) in [7, 11) is 0. The average molecular weight is 343 g/mol. The Morgan fingerprint density at radius 2 is 1.77 bits per heavy atom. The van der Waals surface area contributed by atoms with E-state index in [1.165, 1.54) is 5.01 Å². The van der Waals surface area contributed by atoms with Crippen LogP contribution in [-0.4, -0.2) is 26.7 Å². The minimum atomic E-state index is -0.362. The summed E-state index contributed by atoms with van der Waals surface area (Å²) in [6.07, 6.45) is 3.95. The zero-order valence-electron chi connectivity index (χ0n) is 14.0. The number of para-hydroxylation sites is 1. The van der Waals surface area contributed by atoms with Crippen molar-refractivity contribution in [3.8, 4) is 5.75 Å². The van der Waals surface area contributed by atoms with Gasteiger partial charge in [-0.3, -0.25) is 9.78 Å². The fraction of sp³-hybridized carbons (Fsp3) is 0.0952. The van der Waals surface area contributed by atoms with E-state index in [1.54, 1.807) is 36.7 Å². The summed E-state index contributed by atoms with van der Waals surface area (Å²) >= 11 is 0. The summed E-state index contributed by atoms with van der Waals surface area (Å²) in [5.41, 5.74) is 2.88. The summed E-state index contributed by atoms with van der Waals surface area (Å²) in [6, 6.07) is 19.5. The molecule has 0 unspecified atom stereocenters. The van der Waals surface area contributed by atoms with Crippen molar-refractivity contribution in [2.45, 2.75) is 12.5 Å². The van der Waals surface area contributed by atoms with E-state index < -0.39 is 0 Å². The van der Waals surface area contributed by atoms with Crippen molar-refractivity contribution in [1.82, 2.24) is 9.99 Å². The van der Waals surface area contributed by atoms with E-state index >= 15 is 0 Å². The first kappa shape index (κ1) is 16.0. The largest absolute Gasteiger partial charge is 0.508 e. The van der Waals surface area contributed by atoms with Crippen LogP contribution in [0.3, 0.4) is 0 Å². The smallest absolute Gasteiger partial charge is 0.274 e. The van der Waals surface area contributed by atoms with Crippen LogP contribution in [0.2, 0.25) is 0 Å². The van der Waals surface area contributed by atoms with Crippen molar-refractivity contribution in [3.63, 3.8) is 0 Å². The second kappa shape index (κ2) is 6.80. The number of phenols is 1. The number of nitrogens with zero attached hydrogens (tertiary/aromatic N) is 3. The third-order valence-corrected chi connectivity index (χ3v) is 4.43. The van der Waals surface area contributed by atoms with E-state index in [0.717, 1.165) is 11.3 Å². The lowest BCUT2D eigenvalue weighted by Gasteiger charge is -2.22. The van der Waals surface area contributed by atoms with Crippen molar-refractivity contribution < 1.29 is 9.90 Å². The van der Waals surface area contributed by atoms with E-state index in [9.17, 15) is 9.90 Å². The molecule has 128 valence electrons. The summed E-state index contributed by atoms with van der Waals surface area (Å²) in [5.74, 6) is -0.0382. The van der Waals surface area contributed by atoms with Crippen LogP contribution < -0.4 is 0 Å². The normalized spacial score (nSPS) is 16.4. The molecule has 0 radical (unpaired) electrons. The first-order chi connectivity index (χ1) is 12.7. The van der Waals surface area contributed by atoms with Gasteiger partial charge in [-0.2, -0.15) is 5.10 Å². The number of hydrazone groups is 1. The van der Waals surface area contributed by atoms with E-state index in [2.05, 4.69) is 10.1 Å². The molecule has 0 spiro atoms. The number of hydrogen-bond acceptors (Lipinski definition) is 4. The molecule has 4 rings (SSSR count). The Bertz CT molecular complexity index is 955. The maximum absolute atomic E-state index is 13.0. The van der Waals surface area contributed by atoms with E-state index in [4.69, 9.17) is 0 Å². The van der Waals surface area contributed by atoms with Gasteiger partial charge in [-0.1, -0.05) is 42.5 Å². The maximum atomic E-state index is 13.0. The first-order valence-corrected chi connectivity index (χ1v) is 8.38. The van der Waals surface area contributed by atoms with Gasteiger partial charge in [0.1, 0.15) is 5.75 Å². The van der Waals surface area contributed by atoms with Gasteiger partial charge in [-0.25, -0.2) is 5.01 Å². The number of amides is 1. The Morgan fingerprint density at radius 3 is 2.50 bits per heavy atom. The molecule has 0 aliphatic carbocycles. The molecular formula is C21H17N3O2. The highest BCUT2D eigenvalue weighted by Crippen LogP contribution is 2.37. The van der Waals surface area contributed by atoms with Gasteiger partial charge in [-0.15, -0.1) is 0 Å². The predicted molar refractivity (Wildman–Crippen MR) is 98.9 cm³/mol. The number of phenolic OH excluding ortho intramolecular Hbond substituents is 1. The van der Waals surface area contributed by atoms with E-state index in [1.807, 2.05) is 42.5 Å². The maximum Gasteiger partial charge on any atom is 0.274 e. The van der Waals surface area contributed by atoms with Gasteiger partial charge in [0.2, 0.25) is 0 Å². The molecule has 0 saturated carbocycles. The summed E-state index contributed by atoms with van der Waals surface area (Å²) in [5, 5.41) is 16.3. The number of rotatable bonds is 3. The minimum absolute atomic E-state index is 0.158. The molecule has 2 heterocycles. The molecule has 0 saturated heterocycles. The van der Waals surface area contributed by atoms with Crippen LogP contribution in [0.1, 0.15) is 33.9 Å². The molecule has 5 heteroatoms. The predicted octanol–water partition coefficient (Wildman–Crippen LogP) is 3.78. The number of carbonyl (C=O) groups is 1. The Kier molecular flexibility index (Phi) is 4.19. The van der Waals surface area contributed by atoms with Gasteiger partial charge in [-0.05, 0) is 24.3 Å². The van der Waals surface area contributed by atoms with Gasteiger partial charge in [0, 0.05) is 35.5 Å². The van der Waals surface area contributed by atoms with Crippen LogP contribution in [0.5, 0.6) is 5.75 Å². The van der Waals surface area contributed by atoms with Crippen LogP contribution in [0.15, 0.2) is 84.2 Å². The number of carbonyl (C=O) groups excluding carboxylic acids is 1. The molecule has 26 heavy (non-hydrogen) atoms. The monoisotopic (exact) mass is 343 g/mol. The molecule has 1 aromatic heterocycles. The zero-order valence-corrected chi connectivity index (χ0v) is 14.0. The Morgan fingerprint density at radius 1 is 1.00 bits per heavy atom. The molecule has 3 aromatic rings. The van der Waals surface area contributed by atoms with Crippen LogP contribution >= 0.6 is 0 Å². The molecule has 1 aliphatic heterocycles. The van der Waals surface area contributed by atoms with Crippen LogP contribution in [0, 0.1) is 0 Å². The number of pyridine rings is 1. The third-order valence-electron chi connectivity index (χ3n) is 4.43. The SMILES string of the molecule is O=C(c1ccccc1)N1N=C(c2cccnc2)C[C@@H]1c1ccccc1O. The van der Waals surface area contributed by atoms with Crippen LogP contribution in [-0.2, 0) is 0 Å². The summed E-state index contributed by atoms with van der Waals surface area (Å²) in [6.45, 7) is 0. The summed E-state index contributed by atoms with van der Waals surface area (Å²) < 4.78 is 0. The van der Waals surface area contributed by atoms with Crippen molar-refractivity contribution in [1.29, 1.82) is 0 Å². The number of hydrogen-bond donors (Lipinski definition) is 1. The highest BCUT2D eigenvalue weighted by atomic mass is 16.3. The highest BCUT2D eigenvalue weighted by molar-refractivity contribution is 6.04. The lowest BCUT2D eigenvalue weighted by atomic mass is 9.98. The zero-order chi connectivity index (χ0) is 17.9. The molecule has 1 N–H and O–H groups in total. The first-order valence-electron chi connectivity index (χ1n) is 8.38. The molecule has 2 aromatic carbocycles. The molecule has 1 amide bonds. The van der Waals surface area contributed by atoms with Gasteiger partial charge in [0.25, 0.3) is 5.91 Å². The second-order valence-corrected chi connectivity index (χ2v) is 6.08. The number of aromatic hydroxyl groups is 1. The summed E-state index contributed by atoms with van der Waals surface area (Å²) in [4.78, 5) is 17.2.